The van der Waals surface area contributed by atoms with Crippen LogP contribution in [0.4, 0.5) is 0 Å². The molecule has 3 heterocycles. The molecule has 7 nitrogen and oxygen atoms in total. The minimum Gasteiger partial charge on any atom is -0.486 e. The molecule has 0 radical (unpaired) electrons. The highest BCUT2D eigenvalue weighted by Crippen LogP contribution is 2.33. The molecule has 0 bridgehead atoms. The molecule has 142 valence electrons. The van der Waals surface area contributed by atoms with Gasteiger partial charge in [0.2, 0.25) is 5.91 Å². The highest BCUT2D eigenvalue weighted by Gasteiger charge is 2.26. The van der Waals surface area contributed by atoms with Crippen molar-refractivity contribution >= 4 is 11.8 Å². The number of carbonyl (C=O) groups is 2. The Kier molecular flexibility index (Phi) is 4.51. The van der Waals surface area contributed by atoms with Crippen LogP contribution in [0, 0.1) is 13.8 Å². The number of rotatable bonds is 3. The van der Waals surface area contributed by atoms with E-state index in [1.54, 1.807) is 0 Å². The second-order valence-corrected chi connectivity index (χ2v) is 6.91. The van der Waals surface area contributed by atoms with E-state index in [-0.39, 0.29) is 11.8 Å². The van der Waals surface area contributed by atoms with Gasteiger partial charge in [0.15, 0.2) is 11.5 Å². The van der Waals surface area contributed by atoms with Crippen LogP contribution in [-0.4, -0.2) is 42.2 Å². The zero-order valence-electron chi connectivity index (χ0n) is 15.5. The van der Waals surface area contributed by atoms with Gasteiger partial charge in [0.25, 0.3) is 5.91 Å². The molecule has 4 rings (SSSR count). The maximum absolute atomic E-state index is 12.8. The molecule has 27 heavy (non-hydrogen) atoms. The standard InChI is InChI=1S/C20H23N3O4/c1-12-10-15(19(24)22-16-4-3-7-21-20(16)25)13(2)23(12)14-5-6-17-18(11-14)27-9-8-26-17/h5-6,10-11,16H,3-4,7-9H2,1-2H3,(H,21,25)(H,22,24). The molecule has 0 aliphatic carbocycles. The second kappa shape index (κ2) is 6.98. The molecule has 1 fully saturated rings. The van der Waals surface area contributed by atoms with Crippen LogP contribution < -0.4 is 20.1 Å². The van der Waals surface area contributed by atoms with Crippen molar-refractivity contribution in [2.75, 3.05) is 19.8 Å². The van der Waals surface area contributed by atoms with Crippen molar-refractivity contribution in [1.82, 2.24) is 15.2 Å². The van der Waals surface area contributed by atoms with E-state index < -0.39 is 6.04 Å². The third-order valence-electron chi connectivity index (χ3n) is 5.05. The number of ether oxygens (including phenoxy) is 2. The van der Waals surface area contributed by atoms with Gasteiger partial charge in [0, 0.05) is 29.7 Å². The Hall–Kier alpha value is -2.96. The van der Waals surface area contributed by atoms with Gasteiger partial charge in [-0.3, -0.25) is 9.59 Å². The van der Waals surface area contributed by atoms with Gasteiger partial charge in [-0.05, 0) is 44.9 Å². The van der Waals surface area contributed by atoms with Gasteiger partial charge in [-0.2, -0.15) is 0 Å². The van der Waals surface area contributed by atoms with Crippen LogP contribution in [0.1, 0.15) is 34.6 Å². The molecule has 1 atom stereocenters. The number of fused-ring (bicyclic) bond motifs is 1. The highest BCUT2D eigenvalue weighted by molar-refractivity contribution is 5.99. The number of piperidine rings is 1. The molecule has 2 aliphatic heterocycles. The summed E-state index contributed by atoms with van der Waals surface area (Å²) in [5, 5.41) is 5.65. The van der Waals surface area contributed by atoms with Gasteiger partial charge in [-0.25, -0.2) is 0 Å². The van der Waals surface area contributed by atoms with E-state index in [0.29, 0.717) is 37.5 Å². The van der Waals surface area contributed by atoms with Crippen molar-refractivity contribution < 1.29 is 19.1 Å². The maximum Gasteiger partial charge on any atom is 0.253 e. The van der Waals surface area contributed by atoms with Crippen molar-refractivity contribution in [3.8, 4) is 17.2 Å². The van der Waals surface area contributed by atoms with Crippen LogP contribution in [0.25, 0.3) is 5.69 Å². The summed E-state index contributed by atoms with van der Waals surface area (Å²) in [5.74, 6) is 1.09. The Labute approximate surface area is 157 Å². The normalized spacial score (nSPS) is 18.7. The van der Waals surface area contributed by atoms with Crippen molar-refractivity contribution in [1.29, 1.82) is 0 Å². The summed E-state index contributed by atoms with van der Waals surface area (Å²) < 4.78 is 13.3. The van der Waals surface area contributed by atoms with Crippen LogP contribution in [0.3, 0.4) is 0 Å². The summed E-state index contributed by atoms with van der Waals surface area (Å²) in [5.41, 5.74) is 3.23. The number of nitrogens with one attached hydrogen (secondary N) is 2. The fourth-order valence-electron chi connectivity index (χ4n) is 3.71. The smallest absolute Gasteiger partial charge is 0.253 e. The lowest BCUT2D eigenvalue weighted by Crippen LogP contribution is -2.50. The third-order valence-corrected chi connectivity index (χ3v) is 5.05. The van der Waals surface area contributed by atoms with E-state index in [2.05, 4.69) is 10.6 Å². The van der Waals surface area contributed by atoms with E-state index in [1.165, 1.54) is 0 Å². The molecule has 1 aromatic heterocycles. The molecule has 2 aromatic rings. The Balaban J connectivity index is 1.62. The van der Waals surface area contributed by atoms with E-state index in [9.17, 15) is 9.59 Å². The molecular weight excluding hydrogens is 346 g/mol. The van der Waals surface area contributed by atoms with E-state index in [0.717, 1.165) is 29.2 Å². The Morgan fingerprint density at radius 1 is 1.19 bits per heavy atom. The summed E-state index contributed by atoms with van der Waals surface area (Å²) in [6.07, 6.45) is 1.53. The average Bonchev–Trinajstić information content (AvgIpc) is 2.97. The summed E-state index contributed by atoms with van der Waals surface area (Å²) >= 11 is 0. The monoisotopic (exact) mass is 369 g/mol. The Morgan fingerprint density at radius 2 is 1.96 bits per heavy atom. The molecule has 2 aliphatic rings. The molecular formula is C20H23N3O4. The first kappa shape index (κ1) is 17.5. The molecule has 7 heteroatoms. The predicted molar refractivity (Wildman–Crippen MR) is 99.7 cm³/mol. The number of aryl methyl sites for hydroxylation is 1. The molecule has 1 aromatic carbocycles. The first-order chi connectivity index (χ1) is 13.0. The number of hydrogen-bond acceptors (Lipinski definition) is 4. The topological polar surface area (TPSA) is 81.6 Å². The van der Waals surface area contributed by atoms with Crippen LogP contribution in [0.2, 0.25) is 0 Å². The van der Waals surface area contributed by atoms with Crippen LogP contribution in [0.15, 0.2) is 24.3 Å². The zero-order valence-corrected chi connectivity index (χ0v) is 15.5. The summed E-state index contributed by atoms with van der Waals surface area (Å²) in [6, 6.07) is 7.13. The minimum atomic E-state index is -0.469. The van der Waals surface area contributed by atoms with Gasteiger partial charge in [-0.1, -0.05) is 0 Å². The molecule has 1 unspecified atom stereocenters. The predicted octanol–water partition coefficient (Wildman–Crippen LogP) is 1.87. The number of nitrogens with zero attached hydrogens (tertiary/aromatic N) is 1. The fourth-order valence-corrected chi connectivity index (χ4v) is 3.71. The average molecular weight is 369 g/mol. The zero-order chi connectivity index (χ0) is 19.0. The molecule has 0 spiro atoms. The second-order valence-electron chi connectivity index (χ2n) is 6.91. The number of carbonyl (C=O) groups excluding carboxylic acids is 2. The minimum absolute atomic E-state index is 0.116. The molecule has 2 N–H and O–H groups in total. The van der Waals surface area contributed by atoms with Gasteiger partial charge >= 0.3 is 0 Å². The van der Waals surface area contributed by atoms with Crippen LogP contribution >= 0.6 is 0 Å². The molecule has 2 amide bonds. The van der Waals surface area contributed by atoms with Crippen molar-refractivity contribution in [2.24, 2.45) is 0 Å². The van der Waals surface area contributed by atoms with Gasteiger partial charge < -0.3 is 24.7 Å². The largest absolute Gasteiger partial charge is 0.486 e. The van der Waals surface area contributed by atoms with Crippen LogP contribution in [-0.2, 0) is 4.79 Å². The highest BCUT2D eigenvalue weighted by atomic mass is 16.6. The lowest BCUT2D eigenvalue weighted by atomic mass is 10.1. The van der Waals surface area contributed by atoms with Gasteiger partial charge in [-0.15, -0.1) is 0 Å². The lowest BCUT2D eigenvalue weighted by Gasteiger charge is -2.22. The number of hydrogen-bond donors (Lipinski definition) is 2. The number of amides is 2. The third kappa shape index (κ3) is 3.25. The SMILES string of the molecule is Cc1cc(C(=O)NC2CCCNC2=O)c(C)n1-c1ccc2c(c1)OCCO2. The van der Waals surface area contributed by atoms with Gasteiger partial charge in [0.1, 0.15) is 19.3 Å². The maximum atomic E-state index is 12.8. The summed E-state index contributed by atoms with van der Waals surface area (Å²) in [7, 11) is 0. The van der Waals surface area contributed by atoms with E-state index in [4.69, 9.17) is 9.47 Å². The van der Waals surface area contributed by atoms with Crippen LogP contribution in [0.5, 0.6) is 11.5 Å². The number of benzene rings is 1. The van der Waals surface area contributed by atoms with Crippen molar-refractivity contribution in [3.63, 3.8) is 0 Å². The van der Waals surface area contributed by atoms with Crippen molar-refractivity contribution in [3.05, 3.63) is 41.2 Å². The number of aromatic nitrogens is 1. The van der Waals surface area contributed by atoms with E-state index in [1.807, 2.05) is 42.7 Å². The summed E-state index contributed by atoms with van der Waals surface area (Å²) in [4.78, 5) is 24.7. The first-order valence-electron chi connectivity index (χ1n) is 9.22. The van der Waals surface area contributed by atoms with E-state index >= 15 is 0 Å². The lowest BCUT2D eigenvalue weighted by molar-refractivity contribution is -0.124. The Morgan fingerprint density at radius 3 is 2.74 bits per heavy atom. The van der Waals surface area contributed by atoms with Crippen molar-refractivity contribution in [2.45, 2.75) is 32.7 Å². The first-order valence-corrected chi connectivity index (χ1v) is 9.22. The summed E-state index contributed by atoms with van der Waals surface area (Å²) in [6.45, 7) is 5.60. The fraction of sp³-hybridized carbons (Fsp3) is 0.400. The molecule has 1 saturated heterocycles. The quantitative estimate of drug-likeness (QED) is 0.866. The Bertz CT molecular complexity index is 903. The molecule has 0 saturated carbocycles. The van der Waals surface area contributed by atoms with Gasteiger partial charge in [0.05, 0.1) is 5.56 Å².